The number of hydrogen-bond donors (Lipinski definition) is 1. The Labute approximate surface area is 175 Å². The summed E-state index contributed by atoms with van der Waals surface area (Å²) in [5, 5.41) is 2.70. The molecule has 1 aliphatic heterocycles. The quantitative estimate of drug-likeness (QED) is 0.705. The van der Waals surface area contributed by atoms with Gasteiger partial charge in [-0.1, -0.05) is 6.92 Å². The molecule has 1 amide bonds. The monoisotopic (exact) mass is 429 g/mol. The third kappa shape index (κ3) is 4.35. The number of ether oxygens (including phenoxy) is 1. The van der Waals surface area contributed by atoms with Gasteiger partial charge in [-0.05, 0) is 62.7 Å². The molecule has 2 aromatic carbocycles. The molecule has 9 heteroatoms. The van der Waals surface area contributed by atoms with Gasteiger partial charge >= 0.3 is 5.97 Å². The van der Waals surface area contributed by atoms with Crippen LogP contribution in [0.5, 0.6) is 0 Å². The molecule has 2 aromatic rings. The Bertz CT molecular complexity index is 1110. The Morgan fingerprint density at radius 3 is 2.37 bits per heavy atom. The Morgan fingerprint density at radius 1 is 1.07 bits per heavy atom. The first-order valence-corrected chi connectivity index (χ1v) is 11.0. The van der Waals surface area contributed by atoms with E-state index in [4.69, 9.17) is 4.74 Å². The number of rotatable bonds is 6. The molecule has 0 saturated carbocycles. The van der Waals surface area contributed by atoms with Crippen molar-refractivity contribution in [1.29, 1.82) is 0 Å². The molecule has 0 spiro atoms. The van der Waals surface area contributed by atoms with Crippen LogP contribution in [0.1, 0.15) is 47.9 Å². The molecule has 0 bridgehead atoms. The van der Waals surface area contributed by atoms with Crippen molar-refractivity contribution >= 4 is 39.1 Å². The number of carbonyl (C=O) groups excluding carboxylic acids is 2. The lowest BCUT2D eigenvalue weighted by Gasteiger charge is -2.29. The Morgan fingerprint density at radius 2 is 1.73 bits per heavy atom. The molecule has 1 N–H and O–H groups in total. The summed E-state index contributed by atoms with van der Waals surface area (Å²) in [7, 11) is -3.88. The maximum absolute atomic E-state index is 12.7. The van der Waals surface area contributed by atoms with Gasteiger partial charge in [-0.15, -0.1) is 4.40 Å². The van der Waals surface area contributed by atoms with Crippen molar-refractivity contribution in [3.63, 3.8) is 0 Å². The third-order valence-corrected chi connectivity index (χ3v) is 5.92. The molecule has 0 fully saturated rings. The molecular formula is C21H23N3O5S. The van der Waals surface area contributed by atoms with E-state index in [2.05, 4.69) is 9.71 Å². The van der Waals surface area contributed by atoms with E-state index in [-0.39, 0.29) is 17.1 Å². The SMILES string of the molecule is CCCN1C(C)=NS(=O)(=O)c2cc(C(=O)Nc3ccc(C(=O)OCC)cc3)ccc21. The normalized spacial score (nSPS) is 14.5. The number of anilines is 2. The molecule has 0 aliphatic carbocycles. The summed E-state index contributed by atoms with van der Waals surface area (Å²) in [5.74, 6) is -0.504. The van der Waals surface area contributed by atoms with E-state index in [0.717, 1.165) is 6.42 Å². The van der Waals surface area contributed by atoms with E-state index < -0.39 is 21.9 Å². The van der Waals surface area contributed by atoms with E-state index in [1.54, 1.807) is 50.2 Å². The standard InChI is InChI=1S/C21H23N3O5S/c1-4-12-24-14(3)23-30(27,28)19-13-16(8-11-18(19)24)20(25)22-17-9-6-15(7-10-17)21(26)29-5-2/h6-11,13H,4-5,12H2,1-3H3,(H,22,25). The summed E-state index contributed by atoms with van der Waals surface area (Å²) in [6.07, 6.45) is 0.816. The molecule has 1 heterocycles. The van der Waals surface area contributed by atoms with Crippen LogP contribution in [0.4, 0.5) is 11.4 Å². The zero-order valence-electron chi connectivity index (χ0n) is 17.0. The zero-order chi connectivity index (χ0) is 21.9. The fourth-order valence-corrected chi connectivity index (χ4v) is 4.41. The minimum absolute atomic E-state index is 0.00635. The van der Waals surface area contributed by atoms with Crippen molar-refractivity contribution in [1.82, 2.24) is 0 Å². The average molecular weight is 429 g/mol. The van der Waals surface area contributed by atoms with Crippen LogP contribution in [0.2, 0.25) is 0 Å². The number of nitrogens with one attached hydrogen (secondary N) is 1. The van der Waals surface area contributed by atoms with E-state index >= 15 is 0 Å². The molecule has 0 aromatic heterocycles. The number of amides is 1. The molecule has 0 radical (unpaired) electrons. The van der Waals surface area contributed by atoms with Gasteiger partial charge in [-0.25, -0.2) is 4.79 Å². The van der Waals surface area contributed by atoms with Crippen LogP contribution in [0.25, 0.3) is 0 Å². The summed E-state index contributed by atoms with van der Waals surface area (Å²) >= 11 is 0. The van der Waals surface area contributed by atoms with Gasteiger partial charge in [0, 0.05) is 17.8 Å². The molecule has 0 atom stereocenters. The van der Waals surface area contributed by atoms with Crippen molar-refractivity contribution in [2.24, 2.45) is 4.40 Å². The fourth-order valence-electron chi connectivity index (χ4n) is 3.14. The zero-order valence-corrected chi connectivity index (χ0v) is 17.8. The second-order valence-electron chi connectivity index (χ2n) is 6.70. The fraction of sp³-hybridized carbons (Fsp3) is 0.286. The lowest BCUT2D eigenvalue weighted by Crippen LogP contribution is -2.34. The van der Waals surface area contributed by atoms with Crippen LogP contribution in [-0.4, -0.2) is 39.3 Å². The smallest absolute Gasteiger partial charge is 0.338 e. The summed E-state index contributed by atoms with van der Waals surface area (Å²) in [4.78, 5) is 26.2. The molecule has 0 saturated heterocycles. The molecule has 8 nitrogen and oxygen atoms in total. The lowest BCUT2D eigenvalue weighted by atomic mass is 10.1. The van der Waals surface area contributed by atoms with E-state index in [1.807, 2.05) is 11.8 Å². The van der Waals surface area contributed by atoms with Crippen molar-refractivity contribution < 1.29 is 22.7 Å². The summed E-state index contributed by atoms with van der Waals surface area (Å²) in [5.41, 5.74) is 1.55. The number of carbonyl (C=O) groups is 2. The average Bonchev–Trinajstić information content (AvgIpc) is 2.71. The Hall–Kier alpha value is -3.20. The molecule has 158 valence electrons. The van der Waals surface area contributed by atoms with Crippen LogP contribution in [0.3, 0.4) is 0 Å². The van der Waals surface area contributed by atoms with Crippen LogP contribution >= 0.6 is 0 Å². The van der Waals surface area contributed by atoms with Gasteiger partial charge in [0.15, 0.2) is 0 Å². The van der Waals surface area contributed by atoms with Crippen LogP contribution in [0, 0.1) is 0 Å². The Kier molecular flexibility index (Phi) is 6.21. The number of amidine groups is 1. The van der Waals surface area contributed by atoms with Gasteiger partial charge in [0.1, 0.15) is 10.7 Å². The molecule has 3 rings (SSSR count). The third-order valence-electron chi connectivity index (χ3n) is 4.53. The number of hydrogen-bond acceptors (Lipinski definition) is 6. The predicted molar refractivity (Wildman–Crippen MR) is 115 cm³/mol. The second kappa shape index (κ2) is 8.66. The minimum Gasteiger partial charge on any atom is -0.462 e. The van der Waals surface area contributed by atoms with E-state index in [0.29, 0.717) is 29.3 Å². The number of nitrogens with zero attached hydrogens (tertiary/aromatic N) is 2. The summed E-state index contributed by atoms with van der Waals surface area (Å²) in [6, 6.07) is 10.8. The molecular weight excluding hydrogens is 406 g/mol. The number of benzene rings is 2. The van der Waals surface area contributed by atoms with E-state index in [9.17, 15) is 18.0 Å². The van der Waals surface area contributed by atoms with Gasteiger partial charge < -0.3 is 15.0 Å². The topological polar surface area (TPSA) is 105 Å². The van der Waals surface area contributed by atoms with Crippen molar-refractivity contribution in [2.45, 2.75) is 32.1 Å². The van der Waals surface area contributed by atoms with E-state index in [1.165, 1.54) is 6.07 Å². The summed E-state index contributed by atoms with van der Waals surface area (Å²) in [6.45, 7) is 6.26. The van der Waals surface area contributed by atoms with Crippen molar-refractivity contribution in [3.8, 4) is 0 Å². The predicted octanol–water partition coefficient (Wildman–Crippen LogP) is 3.45. The number of esters is 1. The molecule has 30 heavy (non-hydrogen) atoms. The summed E-state index contributed by atoms with van der Waals surface area (Å²) < 4.78 is 33.8. The first-order valence-electron chi connectivity index (χ1n) is 9.58. The Balaban J connectivity index is 1.84. The first-order chi connectivity index (χ1) is 14.3. The van der Waals surface area contributed by atoms with Gasteiger partial charge in [0.2, 0.25) is 0 Å². The van der Waals surface area contributed by atoms with Crippen LogP contribution in [0.15, 0.2) is 51.8 Å². The highest BCUT2D eigenvalue weighted by Gasteiger charge is 2.29. The highest BCUT2D eigenvalue weighted by atomic mass is 32.2. The van der Waals surface area contributed by atoms with Crippen LogP contribution < -0.4 is 10.2 Å². The maximum Gasteiger partial charge on any atom is 0.338 e. The largest absolute Gasteiger partial charge is 0.462 e. The first kappa shape index (κ1) is 21.5. The van der Waals surface area contributed by atoms with Gasteiger partial charge in [0.05, 0.1) is 17.9 Å². The lowest BCUT2D eigenvalue weighted by molar-refractivity contribution is 0.0526. The molecule has 0 unspecified atom stereocenters. The van der Waals surface area contributed by atoms with Gasteiger partial charge in [-0.3, -0.25) is 4.79 Å². The number of fused-ring (bicyclic) bond motifs is 1. The van der Waals surface area contributed by atoms with Gasteiger partial charge in [0.25, 0.3) is 15.9 Å². The van der Waals surface area contributed by atoms with Crippen LogP contribution in [-0.2, 0) is 14.8 Å². The number of sulfonamides is 1. The van der Waals surface area contributed by atoms with Crippen molar-refractivity contribution in [2.75, 3.05) is 23.4 Å². The minimum atomic E-state index is -3.88. The molecule has 1 aliphatic rings. The van der Waals surface area contributed by atoms with Gasteiger partial charge in [-0.2, -0.15) is 8.42 Å². The highest BCUT2D eigenvalue weighted by Crippen LogP contribution is 2.32. The highest BCUT2D eigenvalue weighted by molar-refractivity contribution is 7.90. The van der Waals surface area contributed by atoms with Crippen molar-refractivity contribution in [3.05, 3.63) is 53.6 Å². The second-order valence-corrected chi connectivity index (χ2v) is 8.27. The maximum atomic E-state index is 12.7.